The molecule has 10 heteroatoms. The quantitative estimate of drug-likeness (QED) is 0.602. The highest BCUT2D eigenvalue weighted by molar-refractivity contribution is 5.99. The first-order valence-corrected chi connectivity index (χ1v) is 9.66. The maximum absolute atomic E-state index is 12.8. The number of fused-ring (bicyclic) bond motifs is 1. The van der Waals surface area contributed by atoms with Gasteiger partial charge < -0.3 is 15.4 Å². The van der Waals surface area contributed by atoms with Crippen LogP contribution in [0.2, 0.25) is 0 Å². The van der Waals surface area contributed by atoms with Gasteiger partial charge in [0.2, 0.25) is 5.91 Å². The number of anilines is 2. The van der Waals surface area contributed by atoms with Gasteiger partial charge in [-0.3, -0.25) is 4.79 Å². The second-order valence-electron chi connectivity index (χ2n) is 7.20. The molecule has 1 amide bonds. The Hall–Kier alpha value is -3.87. The highest BCUT2D eigenvalue weighted by Gasteiger charge is 2.58. The van der Waals surface area contributed by atoms with E-state index in [1.807, 2.05) is 0 Å². The molecule has 1 aliphatic rings. The van der Waals surface area contributed by atoms with Gasteiger partial charge in [-0.25, -0.2) is 15.0 Å². The standard InChI is InChI=1S/C22H18F3N5O2/c1-26-20-17-11-28-19(30-21(31)16-7-18(16)22(23,24)25)8-15(17)12(9-29-20)3-4-13-5-6-14(32-2)10-27-13/h5-6,8-11,16,18H,7H2,1-2H3,(H,26,29)(H,28,30,31)/t16-,18+/m0/s1. The van der Waals surface area contributed by atoms with Crippen LogP contribution < -0.4 is 15.4 Å². The molecule has 3 aromatic rings. The monoisotopic (exact) mass is 441 g/mol. The molecule has 2 N–H and O–H groups in total. The minimum atomic E-state index is -4.37. The lowest BCUT2D eigenvalue weighted by Crippen LogP contribution is -2.20. The van der Waals surface area contributed by atoms with E-state index < -0.39 is 23.9 Å². The average Bonchev–Trinajstić information content (AvgIpc) is 3.59. The fraction of sp³-hybridized carbons (Fsp3) is 0.273. The van der Waals surface area contributed by atoms with Crippen LogP contribution in [0.1, 0.15) is 17.7 Å². The summed E-state index contributed by atoms with van der Waals surface area (Å²) in [4.78, 5) is 24.9. The van der Waals surface area contributed by atoms with Crippen LogP contribution in [-0.4, -0.2) is 41.2 Å². The summed E-state index contributed by atoms with van der Waals surface area (Å²) < 4.78 is 43.4. The predicted molar refractivity (Wildman–Crippen MR) is 112 cm³/mol. The normalized spacial score (nSPS) is 17.3. The first-order valence-electron chi connectivity index (χ1n) is 9.66. The number of halogens is 3. The number of methoxy groups -OCH3 is 1. The molecule has 2 atom stereocenters. The zero-order valence-corrected chi connectivity index (χ0v) is 17.1. The molecule has 0 spiro atoms. The van der Waals surface area contributed by atoms with Gasteiger partial charge >= 0.3 is 6.18 Å². The Morgan fingerprint density at radius 3 is 2.56 bits per heavy atom. The van der Waals surface area contributed by atoms with E-state index in [2.05, 4.69) is 37.4 Å². The van der Waals surface area contributed by atoms with Gasteiger partial charge in [0.05, 0.1) is 30.7 Å². The summed E-state index contributed by atoms with van der Waals surface area (Å²) in [5.41, 5.74) is 1.07. The molecule has 0 radical (unpaired) electrons. The Balaban J connectivity index is 1.64. The first kappa shape index (κ1) is 21.4. The lowest BCUT2D eigenvalue weighted by molar-refractivity contribution is -0.153. The smallest absolute Gasteiger partial charge is 0.392 e. The van der Waals surface area contributed by atoms with E-state index in [0.717, 1.165) is 0 Å². The second kappa shape index (κ2) is 8.34. The summed E-state index contributed by atoms with van der Waals surface area (Å²) in [5.74, 6) is 3.88. The molecule has 0 unspecified atom stereocenters. The lowest BCUT2D eigenvalue weighted by atomic mass is 10.1. The number of aromatic nitrogens is 3. The fourth-order valence-electron chi connectivity index (χ4n) is 3.27. The van der Waals surface area contributed by atoms with Gasteiger partial charge in [0.1, 0.15) is 23.1 Å². The van der Waals surface area contributed by atoms with Gasteiger partial charge in [0, 0.05) is 30.2 Å². The molecule has 3 aromatic heterocycles. The van der Waals surface area contributed by atoms with Crippen LogP contribution in [0, 0.1) is 23.7 Å². The van der Waals surface area contributed by atoms with Crippen molar-refractivity contribution in [1.29, 1.82) is 0 Å². The number of nitrogens with one attached hydrogen (secondary N) is 2. The van der Waals surface area contributed by atoms with Crippen molar-refractivity contribution in [3.8, 4) is 17.6 Å². The van der Waals surface area contributed by atoms with Crippen molar-refractivity contribution in [2.24, 2.45) is 11.8 Å². The number of amides is 1. The second-order valence-corrected chi connectivity index (χ2v) is 7.20. The number of hydrogen-bond acceptors (Lipinski definition) is 6. The van der Waals surface area contributed by atoms with Crippen LogP contribution in [0.5, 0.6) is 5.75 Å². The molecule has 1 aliphatic carbocycles. The van der Waals surface area contributed by atoms with Gasteiger partial charge in [0.25, 0.3) is 0 Å². The Morgan fingerprint density at radius 1 is 1.12 bits per heavy atom. The van der Waals surface area contributed by atoms with Crippen LogP contribution in [0.4, 0.5) is 24.8 Å². The fourth-order valence-corrected chi connectivity index (χ4v) is 3.27. The average molecular weight is 441 g/mol. The Morgan fingerprint density at radius 2 is 1.94 bits per heavy atom. The van der Waals surface area contributed by atoms with Crippen molar-refractivity contribution < 1.29 is 22.7 Å². The highest BCUT2D eigenvalue weighted by Crippen LogP contribution is 2.50. The third-order valence-electron chi connectivity index (χ3n) is 5.11. The van der Waals surface area contributed by atoms with Gasteiger partial charge in [0.15, 0.2) is 0 Å². The van der Waals surface area contributed by atoms with Crippen LogP contribution in [0.15, 0.2) is 36.8 Å². The predicted octanol–water partition coefficient (Wildman–Crippen LogP) is 3.61. The molecule has 7 nitrogen and oxygen atoms in total. The molecule has 3 heterocycles. The molecule has 0 aliphatic heterocycles. The number of rotatable bonds is 4. The maximum atomic E-state index is 12.8. The summed E-state index contributed by atoms with van der Waals surface area (Å²) in [6, 6.07) is 5.02. The van der Waals surface area contributed by atoms with Gasteiger partial charge in [-0.1, -0.05) is 5.92 Å². The van der Waals surface area contributed by atoms with Crippen molar-refractivity contribution in [1.82, 2.24) is 15.0 Å². The molecular weight excluding hydrogens is 423 g/mol. The van der Waals surface area contributed by atoms with E-state index in [0.29, 0.717) is 33.6 Å². The number of ether oxygens (including phenoxy) is 1. The first-order chi connectivity index (χ1) is 15.3. The van der Waals surface area contributed by atoms with E-state index >= 15 is 0 Å². The van der Waals surface area contributed by atoms with Crippen LogP contribution in [-0.2, 0) is 4.79 Å². The largest absolute Gasteiger partial charge is 0.495 e. The third-order valence-corrected chi connectivity index (χ3v) is 5.11. The number of carbonyl (C=O) groups is 1. The number of carbonyl (C=O) groups excluding carboxylic acids is 1. The zero-order chi connectivity index (χ0) is 22.9. The van der Waals surface area contributed by atoms with Crippen LogP contribution >= 0.6 is 0 Å². The summed E-state index contributed by atoms with van der Waals surface area (Å²) in [5, 5.41) is 6.73. The highest BCUT2D eigenvalue weighted by atomic mass is 19.4. The van der Waals surface area contributed by atoms with Gasteiger partial charge in [-0.05, 0) is 30.5 Å². The van der Waals surface area contributed by atoms with Crippen LogP contribution in [0.3, 0.4) is 0 Å². The summed E-state index contributed by atoms with van der Waals surface area (Å²) >= 11 is 0. The third kappa shape index (κ3) is 4.42. The minimum absolute atomic E-state index is 0.147. The molecule has 0 aromatic carbocycles. The van der Waals surface area contributed by atoms with Crippen molar-refractivity contribution in [3.63, 3.8) is 0 Å². The summed E-state index contributed by atoms with van der Waals surface area (Å²) in [7, 11) is 3.24. The Bertz CT molecular complexity index is 1230. The molecule has 164 valence electrons. The van der Waals surface area contributed by atoms with Gasteiger partial charge in [-0.15, -0.1) is 0 Å². The maximum Gasteiger partial charge on any atom is 0.392 e. The number of nitrogens with zero attached hydrogens (tertiary/aromatic N) is 3. The zero-order valence-electron chi connectivity index (χ0n) is 17.1. The van der Waals surface area contributed by atoms with Crippen LogP contribution in [0.25, 0.3) is 10.8 Å². The number of hydrogen-bond donors (Lipinski definition) is 2. The molecule has 0 saturated heterocycles. The van der Waals surface area contributed by atoms with Crippen molar-refractivity contribution in [2.45, 2.75) is 12.6 Å². The topological polar surface area (TPSA) is 89.0 Å². The molecular formula is C22H18F3N5O2. The van der Waals surface area contributed by atoms with Gasteiger partial charge in [-0.2, -0.15) is 13.2 Å². The van der Waals surface area contributed by atoms with Crippen molar-refractivity contribution in [3.05, 3.63) is 48.0 Å². The van der Waals surface area contributed by atoms with Crippen molar-refractivity contribution in [2.75, 3.05) is 24.8 Å². The minimum Gasteiger partial charge on any atom is -0.495 e. The van der Waals surface area contributed by atoms with E-state index in [4.69, 9.17) is 4.74 Å². The molecule has 1 fully saturated rings. The van der Waals surface area contributed by atoms with E-state index in [9.17, 15) is 18.0 Å². The van der Waals surface area contributed by atoms with E-state index in [1.165, 1.54) is 6.20 Å². The summed E-state index contributed by atoms with van der Waals surface area (Å²) in [6.07, 6.45) is 0.0342. The van der Waals surface area contributed by atoms with E-state index in [1.54, 1.807) is 44.8 Å². The van der Waals surface area contributed by atoms with Crippen molar-refractivity contribution >= 4 is 28.3 Å². The Kier molecular flexibility index (Phi) is 5.57. The number of pyridine rings is 3. The molecule has 4 rings (SSSR count). The number of alkyl halides is 3. The molecule has 0 bridgehead atoms. The lowest BCUT2D eigenvalue weighted by Gasteiger charge is -2.10. The molecule has 32 heavy (non-hydrogen) atoms. The molecule has 1 saturated carbocycles. The SMILES string of the molecule is CNc1ncc(C#Cc2ccc(OC)cn2)c2cc(NC(=O)[C@H]3C[C@H]3C(F)(F)F)ncc12. The Labute approximate surface area is 181 Å². The van der Waals surface area contributed by atoms with E-state index in [-0.39, 0.29) is 12.2 Å². The summed E-state index contributed by atoms with van der Waals surface area (Å²) in [6.45, 7) is 0.